The standard InChI is InChI=1S/C19H21FN2O6/c1-2-3-10-21-19(25)22-17(23)12-27-18(24)16-9-8-15(28-16)11-26-14-6-4-13(20)5-7-14/h4-9H,2-3,10-12H2,1H3,(H2,21,22,23,25). The van der Waals surface area contributed by atoms with E-state index in [4.69, 9.17) is 13.9 Å². The average molecular weight is 392 g/mol. The SMILES string of the molecule is CCCCNC(=O)NC(=O)COC(=O)c1ccc(COc2ccc(F)cc2)o1. The maximum absolute atomic E-state index is 12.8. The van der Waals surface area contributed by atoms with Crippen LogP contribution in [0.2, 0.25) is 0 Å². The van der Waals surface area contributed by atoms with Crippen LogP contribution in [0.5, 0.6) is 5.75 Å². The van der Waals surface area contributed by atoms with Crippen molar-refractivity contribution < 1.29 is 32.7 Å². The van der Waals surface area contributed by atoms with Crippen LogP contribution in [-0.2, 0) is 16.1 Å². The Kier molecular flexibility index (Phi) is 8.01. The molecule has 0 aliphatic carbocycles. The minimum Gasteiger partial charge on any atom is -0.486 e. The van der Waals surface area contributed by atoms with E-state index in [0.29, 0.717) is 18.1 Å². The molecule has 2 rings (SSSR count). The van der Waals surface area contributed by atoms with Gasteiger partial charge < -0.3 is 19.2 Å². The summed E-state index contributed by atoms with van der Waals surface area (Å²) in [4.78, 5) is 34.9. The van der Waals surface area contributed by atoms with Crippen LogP contribution < -0.4 is 15.4 Å². The highest BCUT2D eigenvalue weighted by Gasteiger charge is 2.16. The number of esters is 1. The number of furan rings is 1. The summed E-state index contributed by atoms with van der Waals surface area (Å²) in [6.45, 7) is 1.82. The van der Waals surface area contributed by atoms with Gasteiger partial charge in [0, 0.05) is 6.54 Å². The van der Waals surface area contributed by atoms with Gasteiger partial charge in [0.2, 0.25) is 5.76 Å². The second-order valence-corrected chi connectivity index (χ2v) is 5.74. The highest BCUT2D eigenvalue weighted by molar-refractivity contribution is 5.96. The Bertz CT molecular complexity index is 803. The molecule has 3 amide bonds. The summed E-state index contributed by atoms with van der Waals surface area (Å²) >= 11 is 0. The lowest BCUT2D eigenvalue weighted by atomic mass is 10.3. The molecule has 0 saturated carbocycles. The Hall–Kier alpha value is -3.36. The smallest absolute Gasteiger partial charge is 0.374 e. The zero-order chi connectivity index (χ0) is 20.4. The van der Waals surface area contributed by atoms with E-state index in [1.165, 1.54) is 36.4 Å². The molecule has 2 N–H and O–H groups in total. The summed E-state index contributed by atoms with van der Waals surface area (Å²) in [6, 6.07) is 7.69. The molecule has 0 bridgehead atoms. The summed E-state index contributed by atoms with van der Waals surface area (Å²) in [5.74, 6) is -1.31. The van der Waals surface area contributed by atoms with Gasteiger partial charge in [-0.15, -0.1) is 0 Å². The van der Waals surface area contributed by atoms with Gasteiger partial charge in [-0.2, -0.15) is 0 Å². The number of hydrogen-bond acceptors (Lipinski definition) is 6. The van der Waals surface area contributed by atoms with Crippen molar-refractivity contribution in [2.24, 2.45) is 0 Å². The first-order chi connectivity index (χ1) is 13.5. The number of amides is 3. The molecule has 28 heavy (non-hydrogen) atoms. The molecule has 1 aromatic heterocycles. The summed E-state index contributed by atoms with van der Waals surface area (Å²) in [5.41, 5.74) is 0. The van der Waals surface area contributed by atoms with Crippen LogP contribution in [0.4, 0.5) is 9.18 Å². The van der Waals surface area contributed by atoms with Crippen molar-refractivity contribution >= 4 is 17.9 Å². The number of halogens is 1. The molecule has 2 aromatic rings. The lowest BCUT2D eigenvalue weighted by Gasteiger charge is -2.06. The second kappa shape index (κ2) is 10.7. The number of benzene rings is 1. The first kappa shape index (κ1) is 20.9. The van der Waals surface area contributed by atoms with Crippen LogP contribution in [0, 0.1) is 5.82 Å². The summed E-state index contributed by atoms with van der Waals surface area (Å²) in [6.07, 6.45) is 1.70. The van der Waals surface area contributed by atoms with Crippen LogP contribution >= 0.6 is 0 Å². The fourth-order valence-electron chi connectivity index (χ4n) is 2.04. The predicted molar refractivity (Wildman–Crippen MR) is 96.2 cm³/mol. The number of urea groups is 1. The molecule has 9 heteroatoms. The van der Waals surface area contributed by atoms with E-state index in [1.807, 2.05) is 12.2 Å². The quantitative estimate of drug-likeness (QED) is 0.502. The molecule has 1 aromatic carbocycles. The number of rotatable bonds is 9. The number of nitrogens with one attached hydrogen (secondary N) is 2. The Balaban J connectivity index is 1.73. The number of unbranched alkanes of at least 4 members (excludes halogenated alkanes) is 1. The molecular weight excluding hydrogens is 371 g/mol. The van der Waals surface area contributed by atoms with Crippen LogP contribution in [0.1, 0.15) is 36.1 Å². The van der Waals surface area contributed by atoms with Gasteiger partial charge in [-0.1, -0.05) is 13.3 Å². The summed E-state index contributed by atoms with van der Waals surface area (Å²) < 4.78 is 28.3. The van der Waals surface area contributed by atoms with Crippen LogP contribution in [0.25, 0.3) is 0 Å². The van der Waals surface area contributed by atoms with Gasteiger partial charge in [0.05, 0.1) is 0 Å². The van der Waals surface area contributed by atoms with Gasteiger partial charge in [-0.25, -0.2) is 14.0 Å². The summed E-state index contributed by atoms with van der Waals surface area (Å²) in [5, 5.41) is 4.55. The Morgan fingerprint density at radius 3 is 2.57 bits per heavy atom. The lowest BCUT2D eigenvalue weighted by molar-refractivity contribution is -0.123. The van der Waals surface area contributed by atoms with Crippen molar-refractivity contribution in [3.63, 3.8) is 0 Å². The first-order valence-electron chi connectivity index (χ1n) is 8.70. The van der Waals surface area contributed by atoms with E-state index in [-0.39, 0.29) is 18.2 Å². The zero-order valence-electron chi connectivity index (χ0n) is 15.3. The molecule has 0 fully saturated rings. The van der Waals surface area contributed by atoms with Crippen molar-refractivity contribution in [3.05, 3.63) is 53.7 Å². The molecular formula is C19H21FN2O6. The Labute approximate surface area is 161 Å². The number of carbonyl (C=O) groups excluding carboxylic acids is 3. The van der Waals surface area contributed by atoms with E-state index in [2.05, 4.69) is 5.32 Å². The van der Waals surface area contributed by atoms with Crippen LogP contribution in [0.15, 0.2) is 40.8 Å². The van der Waals surface area contributed by atoms with Gasteiger partial charge in [0.25, 0.3) is 5.91 Å². The molecule has 0 saturated heterocycles. The van der Waals surface area contributed by atoms with Gasteiger partial charge in [0.1, 0.15) is 23.9 Å². The number of ether oxygens (including phenoxy) is 2. The van der Waals surface area contributed by atoms with Crippen molar-refractivity contribution in [2.75, 3.05) is 13.2 Å². The lowest BCUT2D eigenvalue weighted by Crippen LogP contribution is -2.41. The highest BCUT2D eigenvalue weighted by atomic mass is 19.1. The third-order valence-electron chi connectivity index (χ3n) is 3.46. The van der Waals surface area contributed by atoms with Gasteiger partial charge >= 0.3 is 12.0 Å². The molecule has 0 unspecified atom stereocenters. The molecule has 8 nitrogen and oxygen atoms in total. The molecule has 1 heterocycles. The minimum atomic E-state index is -0.852. The maximum atomic E-state index is 12.8. The van der Waals surface area contributed by atoms with Gasteiger partial charge in [0.15, 0.2) is 6.61 Å². The van der Waals surface area contributed by atoms with Gasteiger partial charge in [-0.05, 0) is 42.8 Å². The van der Waals surface area contributed by atoms with Crippen molar-refractivity contribution in [3.8, 4) is 5.75 Å². The third-order valence-corrected chi connectivity index (χ3v) is 3.46. The number of carbonyl (C=O) groups is 3. The monoisotopic (exact) mass is 392 g/mol. The van der Waals surface area contributed by atoms with Crippen molar-refractivity contribution in [1.29, 1.82) is 0 Å². The Morgan fingerprint density at radius 1 is 1.11 bits per heavy atom. The zero-order valence-corrected chi connectivity index (χ0v) is 15.3. The van der Waals surface area contributed by atoms with Gasteiger partial charge in [-0.3, -0.25) is 10.1 Å². The fourth-order valence-corrected chi connectivity index (χ4v) is 2.04. The van der Waals surface area contributed by atoms with E-state index in [0.717, 1.165) is 12.8 Å². The summed E-state index contributed by atoms with van der Waals surface area (Å²) in [7, 11) is 0. The molecule has 0 atom stereocenters. The van der Waals surface area contributed by atoms with Crippen LogP contribution in [0.3, 0.4) is 0 Å². The number of hydrogen-bond donors (Lipinski definition) is 2. The second-order valence-electron chi connectivity index (χ2n) is 5.74. The van der Waals surface area contributed by atoms with E-state index in [9.17, 15) is 18.8 Å². The third kappa shape index (κ3) is 7.10. The van der Waals surface area contributed by atoms with E-state index < -0.39 is 24.5 Å². The van der Waals surface area contributed by atoms with E-state index >= 15 is 0 Å². The van der Waals surface area contributed by atoms with Crippen molar-refractivity contribution in [1.82, 2.24) is 10.6 Å². The Morgan fingerprint density at radius 2 is 1.86 bits per heavy atom. The molecule has 0 spiro atoms. The topological polar surface area (TPSA) is 107 Å². The molecule has 0 radical (unpaired) electrons. The first-order valence-corrected chi connectivity index (χ1v) is 8.70. The predicted octanol–water partition coefficient (Wildman–Crippen LogP) is 2.78. The fraction of sp³-hybridized carbons (Fsp3) is 0.316. The normalized spacial score (nSPS) is 10.2. The molecule has 150 valence electrons. The largest absolute Gasteiger partial charge is 0.486 e. The molecule has 0 aliphatic heterocycles. The van der Waals surface area contributed by atoms with E-state index in [1.54, 1.807) is 0 Å². The van der Waals surface area contributed by atoms with Crippen LogP contribution in [-0.4, -0.2) is 31.1 Å². The minimum absolute atomic E-state index is 0.0251. The highest BCUT2D eigenvalue weighted by Crippen LogP contribution is 2.15. The maximum Gasteiger partial charge on any atom is 0.374 e. The van der Waals surface area contributed by atoms with Crippen molar-refractivity contribution in [2.45, 2.75) is 26.4 Å². The molecule has 0 aliphatic rings. The average Bonchev–Trinajstić information content (AvgIpc) is 3.15. The number of imide groups is 1.